The summed E-state index contributed by atoms with van der Waals surface area (Å²) in [5.41, 5.74) is 6.24. The highest BCUT2D eigenvalue weighted by Gasteiger charge is 2.38. The first-order valence-electron chi connectivity index (χ1n) is 11.7. The number of benzene rings is 1. The first-order valence-corrected chi connectivity index (χ1v) is 12.1. The van der Waals surface area contributed by atoms with Gasteiger partial charge >= 0.3 is 6.03 Å². The molecule has 3 aromatic rings. The van der Waals surface area contributed by atoms with E-state index in [0.29, 0.717) is 23.0 Å². The molecule has 12 heteroatoms. The third-order valence-electron chi connectivity index (χ3n) is 6.08. The van der Waals surface area contributed by atoms with Gasteiger partial charge in [-0.05, 0) is 50.6 Å². The lowest BCUT2D eigenvalue weighted by molar-refractivity contribution is -0.143. The highest BCUT2D eigenvalue weighted by atomic mass is 35.5. The number of hydrogen-bond donors (Lipinski definition) is 1. The van der Waals surface area contributed by atoms with E-state index in [2.05, 4.69) is 10.1 Å². The molecule has 194 valence electrons. The highest BCUT2D eigenvalue weighted by Crippen LogP contribution is 2.36. The van der Waals surface area contributed by atoms with Crippen molar-refractivity contribution >= 4 is 29.9 Å². The number of aromatic nitrogens is 4. The van der Waals surface area contributed by atoms with Crippen molar-refractivity contribution in [1.29, 1.82) is 0 Å². The summed E-state index contributed by atoms with van der Waals surface area (Å²) >= 11 is 6.24. The minimum absolute atomic E-state index is 0.0536. The number of ether oxygens (including phenoxy) is 1. The average molecular weight is 525 g/mol. The summed E-state index contributed by atoms with van der Waals surface area (Å²) in [4.78, 5) is 30.2. The fourth-order valence-electron chi connectivity index (χ4n) is 3.83. The van der Waals surface area contributed by atoms with Crippen LogP contribution in [0, 0.1) is 0 Å². The van der Waals surface area contributed by atoms with Crippen molar-refractivity contribution in [1.82, 2.24) is 29.4 Å². The topological polar surface area (TPSA) is 124 Å². The van der Waals surface area contributed by atoms with Crippen molar-refractivity contribution in [2.24, 2.45) is 10.7 Å². The first-order chi connectivity index (χ1) is 17.7. The summed E-state index contributed by atoms with van der Waals surface area (Å²) in [6.07, 6.45) is 11.2. The van der Waals surface area contributed by atoms with E-state index in [0.717, 1.165) is 30.8 Å². The summed E-state index contributed by atoms with van der Waals surface area (Å²) in [6, 6.07) is 6.76. The second-order valence-electron chi connectivity index (χ2n) is 8.95. The summed E-state index contributed by atoms with van der Waals surface area (Å²) in [5, 5.41) is 9.71. The number of rotatable bonds is 5. The summed E-state index contributed by atoms with van der Waals surface area (Å²) in [7, 11) is 1.61. The number of nitrogens with two attached hydrogens (primary N) is 1. The molecule has 0 bridgehead atoms. The Morgan fingerprint density at radius 3 is 2.54 bits per heavy atom. The predicted octanol–water partition coefficient (Wildman–Crippen LogP) is 3.29. The van der Waals surface area contributed by atoms with Gasteiger partial charge in [-0.3, -0.25) is 14.4 Å². The molecular formula is C25H29ClN8O3. The van der Waals surface area contributed by atoms with Crippen molar-refractivity contribution < 1.29 is 14.3 Å². The molecule has 0 radical (unpaired) electrons. The largest absolute Gasteiger partial charge is 0.496 e. The lowest BCUT2D eigenvalue weighted by atomic mass is 10.0. The van der Waals surface area contributed by atoms with E-state index in [1.165, 1.54) is 11.2 Å². The van der Waals surface area contributed by atoms with Crippen molar-refractivity contribution in [3.63, 3.8) is 0 Å². The Kier molecular flexibility index (Phi) is 7.63. The monoisotopic (exact) mass is 524 g/mol. The van der Waals surface area contributed by atoms with Gasteiger partial charge in [0.1, 0.15) is 22.7 Å². The molecule has 1 fully saturated rings. The minimum Gasteiger partial charge on any atom is -0.496 e. The van der Waals surface area contributed by atoms with Crippen LogP contribution in [0.25, 0.3) is 16.9 Å². The maximum Gasteiger partial charge on any atom is 0.320 e. The molecule has 2 aromatic heterocycles. The van der Waals surface area contributed by atoms with E-state index >= 15 is 0 Å². The van der Waals surface area contributed by atoms with Crippen LogP contribution in [0.5, 0.6) is 5.75 Å². The Morgan fingerprint density at radius 2 is 2.00 bits per heavy atom. The Bertz CT molecular complexity index is 1330. The second kappa shape index (κ2) is 10.9. The van der Waals surface area contributed by atoms with Crippen LogP contribution in [0.3, 0.4) is 0 Å². The van der Waals surface area contributed by atoms with Gasteiger partial charge < -0.3 is 15.4 Å². The molecule has 2 N–H and O–H groups in total. The molecular weight excluding hydrogens is 496 g/mol. The molecule has 3 amide bonds. The lowest BCUT2D eigenvalue weighted by Crippen LogP contribution is -2.52. The number of likely N-dealkylation sites (tertiary alicyclic amines) is 1. The van der Waals surface area contributed by atoms with Gasteiger partial charge in [-0.2, -0.15) is 10.2 Å². The average Bonchev–Trinajstić information content (AvgIpc) is 3.54. The highest BCUT2D eigenvalue weighted by molar-refractivity contribution is 6.31. The molecule has 0 unspecified atom stereocenters. The number of carbonyl (C=O) groups is 2. The van der Waals surface area contributed by atoms with E-state index in [1.54, 1.807) is 47.1 Å². The van der Waals surface area contributed by atoms with Gasteiger partial charge in [-0.15, -0.1) is 0 Å². The quantitative estimate of drug-likeness (QED) is 0.548. The number of methoxy groups -OCH3 is 1. The number of aliphatic imine (C=N–C) groups is 1. The van der Waals surface area contributed by atoms with Crippen molar-refractivity contribution in [3.05, 3.63) is 60.2 Å². The molecule has 5 rings (SSSR count). The fourth-order valence-corrected chi connectivity index (χ4v) is 4.00. The van der Waals surface area contributed by atoms with Gasteiger partial charge in [0.2, 0.25) is 5.91 Å². The van der Waals surface area contributed by atoms with Gasteiger partial charge in [0.25, 0.3) is 0 Å². The zero-order chi connectivity index (χ0) is 26.6. The predicted molar refractivity (Wildman–Crippen MR) is 141 cm³/mol. The van der Waals surface area contributed by atoms with E-state index in [-0.39, 0.29) is 5.91 Å². The summed E-state index contributed by atoms with van der Waals surface area (Å²) < 4.78 is 8.96. The maximum atomic E-state index is 13.0. The molecule has 11 nitrogen and oxygen atoms in total. The van der Waals surface area contributed by atoms with Gasteiger partial charge in [-0.25, -0.2) is 14.5 Å². The third-order valence-corrected chi connectivity index (χ3v) is 6.32. The molecule has 0 aliphatic carbocycles. The molecule has 0 saturated carbocycles. The summed E-state index contributed by atoms with van der Waals surface area (Å²) in [6.45, 7) is 5.88. The molecule has 37 heavy (non-hydrogen) atoms. The maximum absolute atomic E-state index is 13.0. The zero-order valence-corrected chi connectivity index (χ0v) is 21.7. The minimum atomic E-state index is -0.827. The number of primary amides is 1. The molecule has 0 spiro atoms. The SMILES string of the molecule is COc1ccc(Cl)cc1-c1nn(C(C)(C)C(=O)N2CCC2)cc1-n1cccn1.NC(=O)N1C=NC=CC1. The number of halogens is 1. The normalized spacial score (nSPS) is 14.6. The number of hydrogen-bond acceptors (Lipinski definition) is 6. The van der Waals surface area contributed by atoms with Crippen molar-refractivity contribution in [3.8, 4) is 22.7 Å². The van der Waals surface area contributed by atoms with E-state index < -0.39 is 11.6 Å². The van der Waals surface area contributed by atoms with Crippen LogP contribution in [-0.4, -0.2) is 74.4 Å². The van der Waals surface area contributed by atoms with Crippen LogP contribution < -0.4 is 10.5 Å². The van der Waals surface area contributed by atoms with Gasteiger partial charge in [-0.1, -0.05) is 11.6 Å². The molecule has 0 atom stereocenters. The van der Waals surface area contributed by atoms with Crippen LogP contribution in [0.1, 0.15) is 20.3 Å². The number of carbonyl (C=O) groups excluding carboxylic acids is 2. The number of amides is 3. The Labute approximate surface area is 219 Å². The van der Waals surface area contributed by atoms with E-state index in [1.807, 2.05) is 43.3 Å². The van der Waals surface area contributed by atoms with Crippen molar-refractivity contribution in [2.45, 2.75) is 25.8 Å². The molecule has 2 aliphatic heterocycles. The zero-order valence-electron chi connectivity index (χ0n) is 20.9. The fraction of sp³-hybridized carbons (Fsp3) is 0.320. The summed E-state index contributed by atoms with van der Waals surface area (Å²) in [5.74, 6) is 0.702. The van der Waals surface area contributed by atoms with Crippen LogP contribution >= 0.6 is 11.6 Å². The first kappa shape index (κ1) is 26.0. The van der Waals surface area contributed by atoms with Crippen LogP contribution in [0.15, 0.2) is 60.1 Å². The Balaban J connectivity index is 0.000000301. The van der Waals surface area contributed by atoms with Crippen molar-refractivity contribution in [2.75, 3.05) is 26.7 Å². The van der Waals surface area contributed by atoms with E-state index in [4.69, 9.17) is 27.2 Å². The van der Waals surface area contributed by atoms with E-state index in [9.17, 15) is 9.59 Å². The number of nitrogens with zero attached hydrogens (tertiary/aromatic N) is 7. The Hall–Kier alpha value is -4.12. The van der Waals surface area contributed by atoms with Crippen LogP contribution in [-0.2, 0) is 10.3 Å². The lowest BCUT2D eigenvalue weighted by Gasteiger charge is -2.37. The van der Waals surface area contributed by atoms with Gasteiger partial charge in [0, 0.05) is 48.8 Å². The molecule has 4 heterocycles. The third kappa shape index (κ3) is 5.51. The van der Waals surface area contributed by atoms with Crippen LogP contribution in [0.2, 0.25) is 5.02 Å². The smallest absolute Gasteiger partial charge is 0.320 e. The second-order valence-corrected chi connectivity index (χ2v) is 9.38. The van der Waals surface area contributed by atoms with Crippen LogP contribution in [0.4, 0.5) is 4.79 Å². The Morgan fingerprint density at radius 1 is 1.22 bits per heavy atom. The molecule has 2 aliphatic rings. The van der Waals surface area contributed by atoms with Gasteiger partial charge in [0.15, 0.2) is 0 Å². The van der Waals surface area contributed by atoms with Gasteiger partial charge in [0.05, 0.1) is 19.6 Å². The molecule has 1 aromatic carbocycles. The standard InChI is InChI=1S/C20H22ClN5O2.C5H7N3O/c1-20(2,19(27)24-9-5-10-24)26-13-16(25-11-4-8-22-25)18(23-26)15-12-14(21)6-7-17(15)28-3;6-5(9)8-3-1-2-7-4-8/h4,6-8,11-13H,5,9-10H2,1-3H3;1-2,4H,3H2,(H2,6,9). The molecule has 1 saturated heterocycles. The number of urea groups is 1.